The second-order valence-electron chi connectivity index (χ2n) is 5.27. The van der Waals surface area contributed by atoms with Crippen LogP contribution in [0.5, 0.6) is 0 Å². The van der Waals surface area contributed by atoms with Crippen LogP contribution >= 0.6 is 0 Å². The zero-order chi connectivity index (χ0) is 14.6. The predicted molar refractivity (Wildman–Crippen MR) is 84.4 cm³/mol. The van der Waals surface area contributed by atoms with Crippen molar-refractivity contribution in [3.05, 3.63) is 0 Å². The molecule has 1 aliphatic rings. The Balaban J connectivity index is 2.11. The van der Waals surface area contributed by atoms with Crippen molar-refractivity contribution in [1.29, 1.82) is 0 Å². The summed E-state index contributed by atoms with van der Waals surface area (Å²) in [6.45, 7) is 8.44. The van der Waals surface area contributed by atoms with E-state index < -0.39 is 0 Å². The number of nitrogens with one attached hydrogen (secondary N) is 2. The maximum atomic E-state index is 5.03. The van der Waals surface area contributed by atoms with Crippen molar-refractivity contribution < 1.29 is 4.74 Å². The van der Waals surface area contributed by atoms with E-state index in [-0.39, 0.29) is 0 Å². The summed E-state index contributed by atoms with van der Waals surface area (Å²) in [4.78, 5) is 9.15. The van der Waals surface area contributed by atoms with Crippen LogP contribution in [-0.2, 0) is 4.74 Å². The number of hydrogen-bond acceptors (Lipinski definition) is 4. The smallest absolute Gasteiger partial charge is 0.191 e. The molecule has 1 saturated heterocycles. The largest absolute Gasteiger partial charge is 0.385 e. The third kappa shape index (κ3) is 7.67. The fourth-order valence-corrected chi connectivity index (χ4v) is 2.30. The summed E-state index contributed by atoms with van der Waals surface area (Å²) in [7, 11) is 5.74. The topological polar surface area (TPSA) is 52.1 Å². The Hall–Kier alpha value is -0.850. The van der Waals surface area contributed by atoms with Crippen molar-refractivity contribution in [2.45, 2.75) is 12.8 Å². The number of methoxy groups -OCH3 is 1. The minimum Gasteiger partial charge on any atom is -0.385 e. The highest BCUT2D eigenvalue weighted by Crippen LogP contribution is 1.99. The van der Waals surface area contributed by atoms with Gasteiger partial charge in [0.15, 0.2) is 5.96 Å². The van der Waals surface area contributed by atoms with Gasteiger partial charge in [0.2, 0.25) is 0 Å². The van der Waals surface area contributed by atoms with Crippen LogP contribution in [-0.4, -0.2) is 89.4 Å². The number of guanidine groups is 1. The summed E-state index contributed by atoms with van der Waals surface area (Å²) in [5.41, 5.74) is 0. The molecule has 0 aromatic carbocycles. The summed E-state index contributed by atoms with van der Waals surface area (Å²) >= 11 is 0. The van der Waals surface area contributed by atoms with Gasteiger partial charge in [-0.1, -0.05) is 0 Å². The predicted octanol–water partition coefficient (Wildman–Crippen LogP) is -0.175. The van der Waals surface area contributed by atoms with Crippen molar-refractivity contribution in [1.82, 2.24) is 20.4 Å². The molecule has 0 spiro atoms. The Morgan fingerprint density at radius 2 is 1.95 bits per heavy atom. The molecule has 0 atom stereocenters. The Bertz CT molecular complexity index is 272. The van der Waals surface area contributed by atoms with Crippen molar-refractivity contribution in [2.24, 2.45) is 4.99 Å². The van der Waals surface area contributed by atoms with Gasteiger partial charge in [-0.05, 0) is 33.0 Å². The van der Waals surface area contributed by atoms with E-state index in [1.165, 1.54) is 26.1 Å². The van der Waals surface area contributed by atoms with Gasteiger partial charge in [0.05, 0.1) is 0 Å². The number of hydrogen-bond donors (Lipinski definition) is 2. The molecule has 6 nitrogen and oxygen atoms in total. The first kappa shape index (κ1) is 17.2. The van der Waals surface area contributed by atoms with Crippen LogP contribution in [0.3, 0.4) is 0 Å². The lowest BCUT2D eigenvalue weighted by Gasteiger charge is -2.21. The SMILES string of the molecule is CN=C(NCCCOC)NCCN1CCCN(C)CC1. The second-order valence-corrected chi connectivity index (χ2v) is 5.27. The van der Waals surface area contributed by atoms with Gasteiger partial charge in [-0.2, -0.15) is 0 Å². The molecule has 0 unspecified atom stereocenters. The number of nitrogens with zero attached hydrogens (tertiary/aromatic N) is 3. The Morgan fingerprint density at radius 3 is 2.70 bits per heavy atom. The summed E-state index contributed by atoms with van der Waals surface area (Å²) < 4.78 is 5.03. The van der Waals surface area contributed by atoms with Crippen molar-refractivity contribution in [2.75, 3.05) is 73.6 Å². The first-order chi connectivity index (χ1) is 9.76. The lowest BCUT2D eigenvalue weighted by molar-refractivity contribution is 0.195. The highest BCUT2D eigenvalue weighted by atomic mass is 16.5. The average Bonchev–Trinajstić information content (AvgIpc) is 2.66. The molecule has 0 bridgehead atoms. The van der Waals surface area contributed by atoms with Crippen LogP contribution < -0.4 is 10.6 Å². The molecule has 1 fully saturated rings. The third-order valence-electron chi connectivity index (χ3n) is 3.57. The number of rotatable bonds is 7. The number of aliphatic imine (C=N–C) groups is 1. The van der Waals surface area contributed by atoms with E-state index in [2.05, 4.69) is 32.5 Å². The summed E-state index contributed by atoms with van der Waals surface area (Å²) in [5.74, 6) is 0.882. The van der Waals surface area contributed by atoms with E-state index in [4.69, 9.17) is 4.74 Å². The maximum Gasteiger partial charge on any atom is 0.191 e. The molecule has 0 aromatic heterocycles. The van der Waals surface area contributed by atoms with Crippen molar-refractivity contribution in [3.8, 4) is 0 Å². The summed E-state index contributed by atoms with van der Waals surface area (Å²) in [5, 5.41) is 6.66. The zero-order valence-corrected chi connectivity index (χ0v) is 13.3. The third-order valence-corrected chi connectivity index (χ3v) is 3.57. The second kappa shape index (κ2) is 10.9. The van der Waals surface area contributed by atoms with E-state index in [1.807, 2.05) is 7.05 Å². The first-order valence-electron chi connectivity index (χ1n) is 7.60. The first-order valence-corrected chi connectivity index (χ1v) is 7.60. The highest BCUT2D eigenvalue weighted by Gasteiger charge is 2.11. The molecule has 20 heavy (non-hydrogen) atoms. The molecule has 0 aliphatic carbocycles. The molecular weight excluding hydrogens is 254 g/mol. The number of ether oxygens (including phenoxy) is 1. The summed E-state index contributed by atoms with van der Waals surface area (Å²) in [6, 6.07) is 0. The van der Waals surface area contributed by atoms with Crippen LogP contribution in [0.2, 0.25) is 0 Å². The lowest BCUT2D eigenvalue weighted by Crippen LogP contribution is -2.42. The molecule has 0 saturated carbocycles. The lowest BCUT2D eigenvalue weighted by atomic mass is 10.4. The van der Waals surface area contributed by atoms with Gasteiger partial charge in [0.1, 0.15) is 0 Å². The molecule has 2 N–H and O–H groups in total. The Kier molecular flexibility index (Phi) is 9.36. The Labute approximate surface area is 123 Å². The van der Waals surface area contributed by atoms with Gasteiger partial charge in [0, 0.05) is 53.5 Å². The molecule has 0 aromatic rings. The normalized spacial score (nSPS) is 18.9. The van der Waals surface area contributed by atoms with E-state index in [1.54, 1.807) is 7.11 Å². The van der Waals surface area contributed by atoms with Crippen LogP contribution in [0, 0.1) is 0 Å². The monoisotopic (exact) mass is 285 g/mol. The molecule has 0 amide bonds. The highest BCUT2D eigenvalue weighted by molar-refractivity contribution is 5.79. The van der Waals surface area contributed by atoms with Gasteiger partial charge in [-0.3, -0.25) is 4.99 Å². The zero-order valence-electron chi connectivity index (χ0n) is 13.3. The molecule has 118 valence electrons. The molecule has 1 heterocycles. The van der Waals surface area contributed by atoms with E-state index in [0.29, 0.717) is 0 Å². The van der Waals surface area contributed by atoms with Gasteiger partial charge in [-0.25, -0.2) is 0 Å². The minimum atomic E-state index is 0.783. The van der Waals surface area contributed by atoms with Crippen molar-refractivity contribution in [3.63, 3.8) is 0 Å². The van der Waals surface area contributed by atoms with Crippen LogP contribution in [0.4, 0.5) is 0 Å². The van der Waals surface area contributed by atoms with Gasteiger partial charge in [0.25, 0.3) is 0 Å². The van der Waals surface area contributed by atoms with E-state index in [9.17, 15) is 0 Å². The summed E-state index contributed by atoms with van der Waals surface area (Å²) in [6.07, 6.45) is 2.26. The maximum absolute atomic E-state index is 5.03. The van der Waals surface area contributed by atoms with E-state index >= 15 is 0 Å². The average molecular weight is 285 g/mol. The van der Waals surface area contributed by atoms with Gasteiger partial charge >= 0.3 is 0 Å². The standard InChI is InChI=1S/C14H31N5O/c1-15-14(16-6-4-13-20-3)17-7-10-19-9-5-8-18(2)11-12-19/h4-13H2,1-3H3,(H2,15,16,17). The molecule has 1 aliphatic heterocycles. The fraction of sp³-hybridized carbons (Fsp3) is 0.929. The van der Waals surface area contributed by atoms with Crippen molar-refractivity contribution >= 4 is 5.96 Å². The van der Waals surface area contributed by atoms with Crippen LogP contribution in [0.15, 0.2) is 4.99 Å². The van der Waals surface area contributed by atoms with Gasteiger partial charge in [-0.15, -0.1) is 0 Å². The van der Waals surface area contributed by atoms with Crippen LogP contribution in [0.25, 0.3) is 0 Å². The van der Waals surface area contributed by atoms with E-state index in [0.717, 1.165) is 45.2 Å². The molecule has 6 heteroatoms. The minimum absolute atomic E-state index is 0.783. The van der Waals surface area contributed by atoms with Gasteiger partial charge < -0.3 is 25.2 Å². The molecule has 0 radical (unpaired) electrons. The molecule has 1 rings (SSSR count). The Morgan fingerprint density at radius 1 is 1.15 bits per heavy atom. The van der Waals surface area contributed by atoms with Crippen LogP contribution in [0.1, 0.15) is 12.8 Å². The quantitative estimate of drug-likeness (QED) is 0.386. The number of likely N-dealkylation sites (N-methyl/N-ethyl adjacent to an activating group) is 1. The molecular formula is C14H31N5O. The fourth-order valence-electron chi connectivity index (χ4n) is 2.30.